The number of carbonyl (C=O) groups is 2. The van der Waals surface area contributed by atoms with Gasteiger partial charge in [0.25, 0.3) is 5.91 Å². The highest BCUT2D eigenvalue weighted by atomic mass is 19.4. The predicted molar refractivity (Wildman–Crippen MR) is 158 cm³/mol. The van der Waals surface area contributed by atoms with Crippen LogP contribution < -0.4 is 10.5 Å². The molecule has 0 spiro atoms. The summed E-state index contributed by atoms with van der Waals surface area (Å²) in [5.74, 6) is -0.688. The van der Waals surface area contributed by atoms with E-state index in [4.69, 9.17) is 20.4 Å². The van der Waals surface area contributed by atoms with Gasteiger partial charge in [-0.2, -0.15) is 13.2 Å². The van der Waals surface area contributed by atoms with Crippen molar-refractivity contribution >= 4 is 28.9 Å². The molecule has 0 unspecified atom stereocenters. The van der Waals surface area contributed by atoms with Crippen LogP contribution in [-0.2, 0) is 11.3 Å². The summed E-state index contributed by atoms with van der Waals surface area (Å²) >= 11 is 0. The van der Waals surface area contributed by atoms with Crippen molar-refractivity contribution < 1.29 is 32.6 Å². The van der Waals surface area contributed by atoms with Gasteiger partial charge in [-0.3, -0.25) is 4.79 Å². The smallest absolute Gasteiger partial charge is 0.475 e. The van der Waals surface area contributed by atoms with Crippen molar-refractivity contribution in [2.24, 2.45) is 0 Å². The number of halogens is 3. The fourth-order valence-corrected chi connectivity index (χ4v) is 5.21. The van der Waals surface area contributed by atoms with E-state index in [1.807, 2.05) is 77.4 Å². The zero-order valence-electron chi connectivity index (χ0n) is 23.9. The number of amides is 1. The second-order valence-corrected chi connectivity index (χ2v) is 10.4. The number of imidazole rings is 1. The summed E-state index contributed by atoms with van der Waals surface area (Å²) in [5.41, 5.74) is 9.78. The molecule has 1 aliphatic rings. The number of fused-ring (bicyclic) bond motifs is 1. The fraction of sp³-hybridized carbons (Fsp3) is 0.344. The Morgan fingerprint density at radius 1 is 1.00 bits per heavy atom. The number of para-hydroxylation sites is 1. The molecule has 3 N–H and O–H groups in total. The van der Waals surface area contributed by atoms with E-state index in [1.165, 1.54) is 19.3 Å². The quantitative estimate of drug-likeness (QED) is 0.221. The largest absolute Gasteiger partial charge is 0.490 e. The number of benzene rings is 3. The summed E-state index contributed by atoms with van der Waals surface area (Å²) in [6.07, 6.45) is 1.79. The first-order chi connectivity index (χ1) is 20.6. The number of nitrogen functional groups attached to an aromatic ring is 1. The maximum Gasteiger partial charge on any atom is 0.490 e. The van der Waals surface area contributed by atoms with Gasteiger partial charge in [0.05, 0.1) is 17.6 Å². The average molecular weight is 597 g/mol. The highest BCUT2D eigenvalue weighted by Gasteiger charge is 2.38. The molecule has 8 nitrogen and oxygen atoms in total. The fourth-order valence-electron chi connectivity index (χ4n) is 5.21. The minimum atomic E-state index is -5.08. The molecule has 1 heterocycles. The molecule has 11 heteroatoms. The molecule has 1 saturated carbocycles. The number of nitrogens with two attached hydrogens (primary N) is 1. The lowest BCUT2D eigenvalue weighted by Crippen LogP contribution is -2.42. The average Bonchev–Trinajstić information content (AvgIpc) is 3.30. The summed E-state index contributed by atoms with van der Waals surface area (Å²) in [5, 5.41) is 7.12. The highest BCUT2D eigenvalue weighted by molar-refractivity contribution is 5.94. The van der Waals surface area contributed by atoms with Crippen LogP contribution in [0.2, 0.25) is 0 Å². The van der Waals surface area contributed by atoms with E-state index < -0.39 is 12.1 Å². The van der Waals surface area contributed by atoms with Gasteiger partial charge >= 0.3 is 12.1 Å². The third kappa shape index (κ3) is 8.27. The van der Waals surface area contributed by atoms with E-state index in [0.29, 0.717) is 18.5 Å². The van der Waals surface area contributed by atoms with Crippen LogP contribution in [0.4, 0.5) is 19.1 Å². The number of carboxylic acid groups (broad SMARTS) is 1. The molecule has 0 radical (unpaired) electrons. The SMILES string of the molecule is CCCN(C(=O)c1cccc(Cn2c(N)nc3ccc(Oc4ccccc4)cc32)c1)C1CCCCC1.O=C(O)C(F)(F)F. The maximum absolute atomic E-state index is 13.6. The Kier molecular flexibility index (Phi) is 10.3. The summed E-state index contributed by atoms with van der Waals surface area (Å²) in [6.45, 7) is 3.47. The molecule has 3 aromatic carbocycles. The van der Waals surface area contributed by atoms with Crippen molar-refractivity contribution in [1.82, 2.24) is 14.5 Å². The second-order valence-electron chi connectivity index (χ2n) is 10.4. The molecule has 1 fully saturated rings. The predicted octanol–water partition coefficient (Wildman–Crippen LogP) is 7.28. The molecular formula is C32H35F3N4O4. The van der Waals surface area contributed by atoms with Crippen LogP contribution >= 0.6 is 0 Å². The van der Waals surface area contributed by atoms with Crippen LogP contribution in [0.1, 0.15) is 61.4 Å². The molecule has 0 bridgehead atoms. The molecule has 0 atom stereocenters. The number of anilines is 1. The van der Waals surface area contributed by atoms with Crippen LogP contribution in [0.5, 0.6) is 11.5 Å². The van der Waals surface area contributed by atoms with Gasteiger partial charge in [-0.25, -0.2) is 9.78 Å². The van der Waals surface area contributed by atoms with Gasteiger partial charge in [-0.15, -0.1) is 0 Å². The van der Waals surface area contributed by atoms with Gasteiger partial charge in [0, 0.05) is 24.2 Å². The zero-order chi connectivity index (χ0) is 31.0. The minimum Gasteiger partial charge on any atom is -0.475 e. The van der Waals surface area contributed by atoms with Crippen molar-refractivity contribution in [1.29, 1.82) is 0 Å². The van der Waals surface area contributed by atoms with Gasteiger partial charge in [0.2, 0.25) is 5.95 Å². The number of aliphatic carboxylic acids is 1. The Morgan fingerprint density at radius 3 is 2.35 bits per heavy atom. The minimum absolute atomic E-state index is 0.132. The van der Waals surface area contributed by atoms with Gasteiger partial charge in [0.1, 0.15) is 11.5 Å². The number of alkyl halides is 3. The van der Waals surface area contributed by atoms with Crippen LogP contribution in [-0.4, -0.2) is 50.2 Å². The first-order valence-corrected chi connectivity index (χ1v) is 14.3. The molecule has 1 aliphatic carbocycles. The number of carbonyl (C=O) groups excluding carboxylic acids is 1. The van der Waals surface area contributed by atoms with E-state index in [2.05, 4.69) is 16.8 Å². The summed E-state index contributed by atoms with van der Waals surface area (Å²) < 4.78 is 39.7. The Labute approximate surface area is 247 Å². The monoisotopic (exact) mass is 596 g/mol. The number of nitrogens with zero attached hydrogens (tertiary/aromatic N) is 3. The number of rotatable bonds is 8. The summed E-state index contributed by atoms with van der Waals surface area (Å²) in [4.78, 5) is 29.1. The number of hydrogen-bond acceptors (Lipinski definition) is 5. The van der Waals surface area contributed by atoms with Gasteiger partial charge in [0.15, 0.2) is 0 Å². The Bertz CT molecular complexity index is 1530. The first-order valence-electron chi connectivity index (χ1n) is 14.3. The lowest BCUT2D eigenvalue weighted by atomic mass is 9.93. The Hall–Kier alpha value is -4.54. The van der Waals surface area contributed by atoms with Crippen molar-refractivity contribution in [2.75, 3.05) is 12.3 Å². The molecule has 0 saturated heterocycles. The number of ether oxygens (including phenoxy) is 1. The van der Waals surface area contributed by atoms with Crippen molar-refractivity contribution in [2.45, 2.75) is 64.2 Å². The molecule has 43 heavy (non-hydrogen) atoms. The summed E-state index contributed by atoms with van der Waals surface area (Å²) in [6, 6.07) is 23.8. The van der Waals surface area contributed by atoms with Crippen molar-refractivity contribution in [3.05, 3.63) is 83.9 Å². The third-order valence-corrected chi connectivity index (χ3v) is 7.23. The molecule has 228 valence electrons. The normalized spacial score (nSPS) is 13.7. The number of aromatic nitrogens is 2. The second kappa shape index (κ2) is 14.1. The van der Waals surface area contributed by atoms with Crippen molar-refractivity contribution in [3.63, 3.8) is 0 Å². The van der Waals surface area contributed by atoms with Gasteiger partial charge in [-0.05, 0) is 61.2 Å². The number of hydrogen-bond donors (Lipinski definition) is 2. The Balaban J connectivity index is 0.000000541. The zero-order valence-corrected chi connectivity index (χ0v) is 23.9. The van der Waals surface area contributed by atoms with E-state index >= 15 is 0 Å². The topological polar surface area (TPSA) is 111 Å². The van der Waals surface area contributed by atoms with Crippen LogP contribution in [0.15, 0.2) is 72.8 Å². The lowest BCUT2D eigenvalue weighted by molar-refractivity contribution is -0.192. The first kappa shape index (κ1) is 31.4. The molecular weight excluding hydrogens is 561 g/mol. The molecule has 1 aromatic heterocycles. The lowest BCUT2D eigenvalue weighted by Gasteiger charge is -2.34. The Morgan fingerprint density at radius 2 is 1.70 bits per heavy atom. The van der Waals surface area contributed by atoms with E-state index in [0.717, 1.165) is 59.5 Å². The van der Waals surface area contributed by atoms with E-state index in [1.54, 1.807) is 0 Å². The van der Waals surface area contributed by atoms with Crippen LogP contribution in [0.25, 0.3) is 11.0 Å². The molecule has 4 aromatic rings. The van der Waals surface area contributed by atoms with Crippen molar-refractivity contribution in [3.8, 4) is 11.5 Å². The third-order valence-electron chi connectivity index (χ3n) is 7.23. The standard InChI is InChI=1S/C30H34N4O2.C2HF3O2/c1-2-18-33(24-12-5-3-6-13-24)29(35)23-11-9-10-22(19-23)21-34-28-20-26(16-17-27(28)32-30(34)31)36-25-14-7-4-8-15-25;3-2(4,5)1(6)7/h4,7-11,14-17,19-20,24H,2-3,5-6,12-13,18,21H2,1H3,(H2,31,32);(H,6,7). The molecule has 1 amide bonds. The van der Waals surface area contributed by atoms with Crippen LogP contribution in [0, 0.1) is 0 Å². The van der Waals surface area contributed by atoms with Crippen LogP contribution in [0.3, 0.4) is 0 Å². The number of carboxylic acids is 1. The van der Waals surface area contributed by atoms with E-state index in [-0.39, 0.29) is 5.91 Å². The van der Waals surface area contributed by atoms with Gasteiger partial charge < -0.3 is 25.0 Å². The molecule has 5 rings (SSSR count). The maximum atomic E-state index is 13.6. The molecule has 0 aliphatic heterocycles. The summed E-state index contributed by atoms with van der Waals surface area (Å²) in [7, 11) is 0. The van der Waals surface area contributed by atoms with Gasteiger partial charge in [-0.1, -0.05) is 56.5 Å². The van der Waals surface area contributed by atoms with E-state index in [9.17, 15) is 18.0 Å². The highest BCUT2D eigenvalue weighted by Crippen LogP contribution is 2.28.